The van der Waals surface area contributed by atoms with Gasteiger partial charge in [0.25, 0.3) is 5.91 Å². The van der Waals surface area contributed by atoms with E-state index in [-0.39, 0.29) is 11.6 Å². The molecule has 1 heterocycles. The molecule has 0 bridgehead atoms. The van der Waals surface area contributed by atoms with Crippen LogP contribution >= 0.6 is 15.9 Å². The number of hydrogen-bond acceptors (Lipinski definition) is 3. The van der Waals surface area contributed by atoms with Crippen molar-refractivity contribution >= 4 is 27.5 Å². The molecule has 0 fully saturated rings. The van der Waals surface area contributed by atoms with Crippen molar-refractivity contribution in [3.8, 4) is 17.1 Å². The number of halogens is 2. The highest BCUT2D eigenvalue weighted by molar-refractivity contribution is 9.10. The normalized spacial score (nSPS) is 10.6. The Labute approximate surface area is 169 Å². The maximum atomic E-state index is 13.3. The molecule has 4 aromatic rings. The van der Waals surface area contributed by atoms with Gasteiger partial charge >= 0.3 is 0 Å². The van der Waals surface area contributed by atoms with Gasteiger partial charge < -0.3 is 5.32 Å². The van der Waals surface area contributed by atoms with E-state index in [1.165, 1.54) is 12.1 Å². The van der Waals surface area contributed by atoms with Crippen LogP contribution in [0.3, 0.4) is 0 Å². The van der Waals surface area contributed by atoms with Crippen molar-refractivity contribution in [1.82, 2.24) is 14.8 Å². The molecule has 0 saturated heterocycles. The van der Waals surface area contributed by atoms with Gasteiger partial charge in [-0.05, 0) is 60.7 Å². The predicted octanol–water partition coefficient (Wildman–Crippen LogP) is 5.09. The number of nitrogens with one attached hydrogen (secondary N) is 1. The van der Waals surface area contributed by atoms with Crippen molar-refractivity contribution in [1.29, 1.82) is 0 Å². The Hall–Kier alpha value is -3.32. The zero-order valence-electron chi connectivity index (χ0n) is 14.5. The van der Waals surface area contributed by atoms with E-state index in [4.69, 9.17) is 0 Å². The molecule has 0 unspecified atom stereocenters. The first-order valence-electron chi connectivity index (χ1n) is 8.45. The van der Waals surface area contributed by atoms with Gasteiger partial charge in [-0.25, -0.2) is 14.1 Å². The highest BCUT2D eigenvalue weighted by atomic mass is 79.9. The summed E-state index contributed by atoms with van der Waals surface area (Å²) in [7, 11) is 0. The molecule has 1 amide bonds. The van der Waals surface area contributed by atoms with Crippen LogP contribution < -0.4 is 5.32 Å². The summed E-state index contributed by atoms with van der Waals surface area (Å²) in [4.78, 5) is 17.0. The lowest BCUT2D eigenvalue weighted by atomic mass is 10.2. The second-order valence-corrected chi connectivity index (χ2v) is 6.89. The van der Waals surface area contributed by atoms with E-state index in [2.05, 4.69) is 31.3 Å². The number of carbonyl (C=O) groups excluding carboxylic acids is 1. The van der Waals surface area contributed by atoms with Crippen molar-refractivity contribution in [3.05, 3.63) is 95.0 Å². The first kappa shape index (κ1) is 18.1. The van der Waals surface area contributed by atoms with E-state index in [1.807, 2.05) is 42.5 Å². The molecule has 3 aromatic carbocycles. The number of nitrogens with zero attached hydrogens (tertiary/aromatic N) is 3. The SMILES string of the molecule is O=C(Nc1ccccc1)c1nc(-c2ccc(F)cc2)n(-c2ccc(Br)cc2)n1. The smallest absolute Gasteiger partial charge is 0.295 e. The third kappa shape index (κ3) is 3.84. The molecule has 138 valence electrons. The Kier molecular flexibility index (Phi) is 4.99. The average Bonchev–Trinajstić information content (AvgIpc) is 3.15. The van der Waals surface area contributed by atoms with Gasteiger partial charge in [-0.2, -0.15) is 0 Å². The maximum Gasteiger partial charge on any atom is 0.295 e. The van der Waals surface area contributed by atoms with Crippen molar-refractivity contribution in [2.24, 2.45) is 0 Å². The van der Waals surface area contributed by atoms with Crippen LogP contribution in [-0.2, 0) is 0 Å². The Morgan fingerprint density at radius 2 is 1.61 bits per heavy atom. The standard InChI is InChI=1S/C21H14BrFN4O/c22-15-8-12-18(13-9-15)27-20(14-6-10-16(23)11-7-14)25-19(26-27)21(28)24-17-4-2-1-3-5-17/h1-13H,(H,24,28). The molecule has 0 aliphatic rings. The minimum atomic E-state index is -0.426. The molecular weight excluding hydrogens is 423 g/mol. The summed E-state index contributed by atoms with van der Waals surface area (Å²) in [6.45, 7) is 0. The van der Waals surface area contributed by atoms with E-state index in [9.17, 15) is 9.18 Å². The lowest BCUT2D eigenvalue weighted by Crippen LogP contribution is -2.14. The second kappa shape index (κ2) is 7.74. The van der Waals surface area contributed by atoms with E-state index in [0.29, 0.717) is 17.1 Å². The predicted molar refractivity (Wildman–Crippen MR) is 109 cm³/mol. The van der Waals surface area contributed by atoms with Gasteiger partial charge in [0.05, 0.1) is 5.69 Å². The van der Waals surface area contributed by atoms with Gasteiger partial charge in [-0.1, -0.05) is 34.1 Å². The molecule has 28 heavy (non-hydrogen) atoms. The van der Waals surface area contributed by atoms with Crippen LogP contribution in [0.2, 0.25) is 0 Å². The Morgan fingerprint density at radius 3 is 2.29 bits per heavy atom. The summed E-state index contributed by atoms with van der Waals surface area (Å²) in [6, 6.07) is 22.4. The van der Waals surface area contributed by atoms with Gasteiger partial charge in [0.2, 0.25) is 5.82 Å². The third-order valence-corrected chi connectivity index (χ3v) is 4.54. The van der Waals surface area contributed by atoms with E-state index < -0.39 is 5.91 Å². The van der Waals surface area contributed by atoms with Crippen LogP contribution in [0.15, 0.2) is 83.3 Å². The van der Waals surface area contributed by atoms with Crippen molar-refractivity contribution < 1.29 is 9.18 Å². The Bertz CT molecular complexity index is 1050. The summed E-state index contributed by atoms with van der Waals surface area (Å²) in [6.07, 6.45) is 0. The molecular formula is C21H14BrFN4O. The molecule has 7 heteroatoms. The zero-order valence-corrected chi connectivity index (χ0v) is 16.1. The molecule has 0 atom stereocenters. The summed E-state index contributed by atoms with van der Waals surface area (Å²) >= 11 is 3.40. The van der Waals surface area contributed by atoms with Gasteiger partial charge in [0.15, 0.2) is 5.82 Å². The molecule has 0 saturated carbocycles. The molecule has 1 aromatic heterocycles. The van der Waals surface area contributed by atoms with Gasteiger partial charge in [-0.3, -0.25) is 4.79 Å². The van der Waals surface area contributed by atoms with Crippen LogP contribution in [0.4, 0.5) is 10.1 Å². The quantitative estimate of drug-likeness (QED) is 0.484. The molecule has 0 spiro atoms. The van der Waals surface area contributed by atoms with Crippen molar-refractivity contribution in [3.63, 3.8) is 0 Å². The number of carbonyl (C=O) groups is 1. The number of rotatable bonds is 4. The van der Waals surface area contributed by atoms with Crippen LogP contribution in [0, 0.1) is 5.82 Å². The van der Waals surface area contributed by atoms with Crippen molar-refractivity contribution in [2.75, 3.05) is 5.32 Å². The van der Waals surface area contributed by atoms with Gasteiger partial charge in [0.1, 0.15) is 5.82 Å². The average molecular weight is 437 g/mol. The minimum absolute atomic E-state index is 0.0195. The zero-order chi connectivity index (χ0) is 19.5. The minimum Gasteiger partial charge on any atom is -0.319 e. The van der Waals surface area contributed by atoms with Gasteiger partial charge in [-0.15, -0.1) is 5.10 Å². The van der Waals surface area contributed by atoms with E-state index in [1.54, 1.807) is 28.9 Å². The Balaban J connectivity index is 1.76. The molecule has 0 radical (unpaired) electrons. The van der Waals surface area contributed by atoms with E-state index >= 15 is 0 Å². The second-order valence-electron chi connectivity index (χ2n) is 5.97. The van der Waals surface area contributed by atoms with Crippen molar-refractivity contribution in [2.45, 2.75) is 0 Å². The monoisotopic (exact) mass is 436 g/mol. The summed E-state index contributed by atoms with van der Waals surface area (Å²) < 4.78 is 15.8. The third-order valence-electron chi connectivity index (χ3n) is 4.02. The van der Waals surface area contributed by atoms with Crippen LogP contribution in [-0.4, -0.2) is 20.7 Å². The highest BCUT2D eigenvalue weighted by Gasteiger charge is 2.19. The largest absolute Gasteiger partial charge is 0.319 e. The number of anilines is 1. The first-order chi connectivity index (χ1) is 13.6. The van der Waals surface area contributed by atoms with E-state index in [0.717, 1.165) is 10.2 Å². The van der Waals surface area contributed by atoms with Crippen LogP contribution in [0.5, 0.6) is 0 Å². The first-order valence-corrected chi connectivity index (χ1v) is 9.25. The van der Waals surface area contributed by atoms with Crippen LogP contribution in [0.25, 0.3) is 17.1 Å². The van der Waals surface area contributed by atoms with Crippen LogP contribution in [0.1, 0.15) is 10.6 Å². The molecule has 0 aliphatic carbocycles. The number of benzene rings is 3. The number of hydrogen-bond donors (Lipinski definition) is 1. The molecule has 1 N–H and O–H groups in total. The maximum absolute atomic E-state index is 13.3. The number of amides is 1. The molecule has 0 aliphatic heterocycles. The molecule has 5 nitrogen and oxygen atoms in total. The van der Waals surface area contributed by atoms with Gasteiger partial charge in [0, 0.05) is 15.7 Å². The number of para-hydroxylation sites is 1. The lowest BCUT2D eigenvalue weighted by molar-refractivity contribution is 0.101. The fourth-order valence-corrected chi connectivity index (χ4v) is 2.93. The fourth-order valence-electron chi connectivity index (χ4n) is 2.66. The fraction of sp³-hybridized carbons (Fsp3) is 0. The Morgan fingerprint density at radius 1 is 0.929 bits per heavy atom. The highest BCUT2D eigenvalue weighted by Crippen LogP contribution is 2.23. The molecule has 4 rings (SSSR count). The summed E-state index contributed by atoms with van der Waals surface area (Å²) in [5.41, 5.74) is 2.03. The summed E-state index contributed by atoms with van der Waals surface area (Å²) in [5.74, 6) is -0.308. The lowest BCUT2D eigenvalue weighted by Gasteiger charge is -2.06. The topological polar surface area (TPSA) is 59.8 Å². The summed E-state index contributed by atoms with van der Waals surface area (Å²) in [5, 5.41) is 7.16. The number of aromatic nitrogens is 3.